The van der Waals surface area contributed by atoms with Crippen LogP contribution in [0.15, 0.2) is 30.5 Å². The fourth-order valence-electron chi connectivity index (χ4n) is 2.06. The molecule has 0 spiro atoms. The number of hydrogen-bond donors (Lipinski definition) is 3. The Morgan fingerprint density at radius 1 is 1.40 bits per heavy atom. The summed E-state index contributed by atoms with van der Waals surface area (Å²) in [5.41, 5.74) is 2.28. The number of H-pyrrole nitrogens is 1. The molecule has 0 aliphatic rings. The lowest BCUT2D eigenvalue weighted by atomic mass is 10.1. The van der Waals surface area contributed by atoms with E-state index in [4.69, 9.17) is 4.74 Å². The normalized spacial score (nSPS) is 12.5. The molecule has 5 nitrogen and oxygen atoms in total. The Labute approximate surface area is 118 Å². The lowest BCUT2D eigenvalue weighted by Gasteiger charge is -2.13. The van der Waals surface area contributed by atoms with Gasteiger partial charge >= 0.3 is 0 Å². The molecule has 2 rings (SSSR count). The second kappa shape index (κ2) is 7.07. The molecule has 0 bridgehead atoms. The van der Waals surface area contributed by atoms with E-state index in [2.05, 4.69) is 21.7 Å². The molecule has 0 saturated heterocycles. The fourth-order valence-corrected chi connectivity index (χ4v) is 2.06. The molecule has 2 aromatic rings. The van der Waals surface area contributed by atoms with E-state index in [0.29, 0.717) is 19.7 Å². The summed E-state index contributed by atoms with van der Waals surface area (Å²) < 4.78 is 4.90. The van der Waals surface area contributed by atoms with Crippen LogP contribution in [-0.2, 0) is 16.1 Å². The Bertz CT molecular complexity index is 565. The highest BCUT2D eigenvalue weighted by Gasteiger charge is 2.12. The zero-order chi connectivity index (χ0) is 14.4. The van der Waals surface area contributed by atoms with Crippen molar-refractivity contribution in [2.24, 2.45) is 0 Å². The molecule has 1 aromatic heterocycles. The molecule has 0 aliphatic heterocycles. The SMILES string of the molecule is COCCNC(=O)C(C)NCc1c[nH]c2ccccc12. The van der Waals surface area contributed by atoms with Gasteiger partial charge in [0.25, 0.3) is 0 Å². The van der Waals surface area contributed by atoms with E-state index < -0.39 is 0 Å². The summed E-state index contributed by atoms with van der Waals surface area (Å²) in [4.78, 5) is 15.0. The average Bonchev–Trinajstić information content (AvgIpc) is 2.88. The van der Waals surface area contributed by atoms with Crippen molar-refractivity contribution in [2.45, 2.75) is 19.5 Å². The molecular formula is C15H21N3O2. The average molecular weight is 275 g/mol. The Balaban J connectivity index is 1.86. The van der Waals surface area contributed by atoms with Crippen LogP contribution in [0.3, 0.4) is 0 Å². The predicted molar refractivity (Wildman–Crippen MR) is 79.5 cm³/mol. The molecule has 5 heteroatoms. The topological polar surface area (TPSA) is 66.2 Å². The number of aromatic nitrogens is 1. The van der Waals surface area contributed by atoms with Gasteiger partial charge in [0.2, 0.25) is 5.91 Å². The molecule has 1 amide bonds. The van der Waals surface area contributed by atoms with Gasteiger partial charge in [0.15, 0.2) is 0 Å². The molecule has 1 unspecified atom stereocenters. The molecule has 1 heterocycles. The van der Waals surface area contributed by atoms with Gasteiger partial charge in [0.05, 0.1) is 12.6 Å². The van der Waals surface area contributed by atoms with Crippen molar-refractivity contribution >= 4 is 16.8 Å². The second-order valence-corrected chi connectivity index (χ2v) is 4.75. The van der Waals surface area contributed by atoms with E-state index in [1.807, 2.05) is 31.3 Å². The van der Waals surface area contributed by atoms with E-state index in [1.165, 1.54) is 5.39 Å². The van der Waals surface area contributed by atoms with Crippen LogP contribution in [0.2, 0.25) is 0 Å². The van der Waals surface area contributed by atoms with Crippen LogP contribution in [0.25, 0.3) is 10.9 Å². The number of carbonyl (C=O) groups is 1. The lowest BCUT2D eigenvalue weighted by Crippen LogP contribution is -2.42. The monoisotopic (exact) mass is 275 g/mol. The Morgan fingerprint density at radius 2 is 2.20 bits per heavy atom. The summed E-state index contributed by atoms with van der Waals surface area (Å²) in [6.07, 6.45) is 1.98. The molecule has 0 saturated carbocycles. The van der Waals surface area contributed by atoms with Crippen molar-refractivity contribution in [2.75, 3.05) is 20.3 Å². The van der Waals surface area contributed by atoms with Crippen molar-refractivity contribution in [3.8, 4) is 0 Å². The highest BCUT2D eigenvalue weighted by atomic mass is 16.5. The minimum atomic E-state index is -0.236. The Morgan fingerprint density at radius 3 is 3.00 bits per heavy atom. The number of amides is 1. The molecule has 0 radical (unpaired) electrons. The zero-order valence-electron chi connectivity index (χ0n) is 11.9. The maximum atomic E-state index is 11.8. The van der Waals surface area contributed by atoms with Crippen molar-refractivity contribution < 1.29 is 9.53 Å². The number of rotatable bonds is 7. The maximum Gasteiger partial charge on any atom is 0.236 e. The van der Waals surface area contributed by atoms with Crippen LogP contribution in [-0.4, -0.2) is 37.2 Å². The van der Waals surface area contributed by atoms with Gasteiger partial charge in [-0.2, -0.15) is 0 Å². The second-order valence-electron chi connectivity index (χ2n) is 4.75. The first-order valence-electron chi connectivity index (χ1n) is 6.77. The third kappa shape index (κ3) is 3.59. The molecule has 20 heavy (non-hydrogen) atoms. The van der Waals surface area contributed by atoms with Gasteiger partial charge in [-0.1, -0.05) is 18.2 Å². The molecule has 3 N–H and O–H groups in total. The fraction of sp³-hybridized carbons (Fsp3) is 0.400. The van der Waals surface area contributed by atoms with Crippen LogP contribution >= 0.6 is 0 Å². The Hall–Kier alpha value is -1.85. The van der Waals surface area contributed by atoms with Crippen molar-refractivity contribution in [1.82, 2.24) is 15.6 Å². The number of carbonyl (C=O) groups excluding carboxylic acids is 1. The standard InChI is InChI=1S/C15H21N3O2/c1-11(15(19)16-7-8-20-2)17-9-12-10-18-14-6-4-3-5-13(12)14/h3-6,10-11,17-18H,7-9H2,1-2H3,(H,16,19). The van der Waals surface area contributed by atoms with Crippen LogP contribution in [0.1, 0.15) is 12.5 Å². The van der Waals surface area contributed by atoms with Crippen LogP contribution in [0.5, 0.6) is 0 Å². The smallest absolute Gasteiger partial charge is 0.236 e. The maximum absolute atomic E-state index is 11.8. The molecule has 0 fully saturated rings. The summed E-state index contributed by atoms with van der Waals surface area (Å²) in [5, 5.41) is 7.23. The van der Waals surface area contributed by atoms with Gasteiger partial charge in [-0.3, -0.25) is 4.79 Å². The number of para-hydroxylation sites is 1. The summed E-state index contributed by atoms with van der Waals surface area (Å²) in [5.74, 6) is -0.0121. The van der Waals surface area contributed by atoms with E-state index in [9.17, 15) is 4.79 Å². The number of hydrogen-bond acceptors (Lipinski definition) is 3. The van der Waals surface area contributed by atoms with Crippen molar-refractivity contribution in [3.05, 3.63) is 36.0 Å². The number of methoxy groups -OCH3 is 1. The summed E-state index contributed by atoms with van der Waals surface area (Å²) in [7, 11) is 1.62. The van der Waals surface area contributed by atoms with E-state index >= 15 is 0 Å². The zero-order valence-corrected chi connectivity index (χ0v) is 11.9. The van der Waals surface area contributed by atoms with Crippen molar-refractivity contribution in [3.63, 3.8) is 0 Å². The quantitative estimate of drug-likeness (QED) is 0.669. The molecular weight excluding hydrogens is 254 g/mol. The predicted octanol–water partition coefficient (Wildman–Crippen LogP) is 1.41. The third-order valence-corrected chi connectivity index (χ3v) is 3.27. The number of benzene rings is 1. The van der Waals surface area contributed by atoms with Gasteiger partial charge in [-0.05, 0) is 18.6 Å². The van der Waals surface area contributed by atoms with E-state index in [1.54, 1.807) is 7.11 Å². The van der Waals surface area contributed by atoms with Gasteiger partial charge in [0, 0.05) is 37.3 Å². The highest BCUT2D eigenvalue weighted by Crippen LogP contribution is 2.17. The van der Waals surface area contributed by atoms with Crippen molar-refractivity contribution in [1.29, 1.82) is 0 Å². The number of nitrogens with one attached hydrogen (secondary N) is 3. The minimum absolute atomic E-state index is 0.0121. The van der Waals surface area contributed by atoms with Crippen LogP contribution < -0.4 is 10.6 Å². The summed E-state index contributed by atoms with van der Waals surface area (Å²) >= 11 is 0. The summed E-state index contributed by atoms with van der Waals surface area (Å²) in [6, 6.07) is 7.90. The van der Waals surface area contributed by atoms with Gasteiger partial charge in [0.1, 0.15) is 0 Å². The largest absolute Gasteiger partial charge is 0.383 e. The van der Waals surface area contributed by atoms with Gasteiger partial charge in [-0.15, -0.1) is 0 Å². The number of ether oxygens (including phenoxy) is 1. The van der Waals surface area contributed by atoms with E-state index in [-0.39, 0.29) is 11.9 Å². The molecule has 108 valence electrons. The minimum Gasteiger partial charge on any atom is -0.383 e. The lowest BCUT2D eigenvalue weighted by molar-refractivity contribution is -0.122. The van der Waals surface area contributed by atoms with Crippen LogP contribution in [0, 0.1) is 0 Å². The van der Waals surface area contributed by atoms with Crippen LogP contribution in [0.4, 0.5) is 0 Å². The third-order valence-electron chi connectivity index (χ3n) is 3.27. The first-order valence-corrected chi connectivity index (χ1v) is 6.77. The first kappa shape index (κ1) is 14.6. The molecule has 0 aliphatic carbocycles. The molecule has 1 atom stereocenters. The molecule has 1 aromatic carbocycles. The van der Waals surface area contributed by atoms with Gasteiger partial charge in [-0.25, -0.2) is 0 Å². The summed E-state index contributed by atoms with van der Waals surface area (Å²) in [6.45, 7) is 3.58. The van der Waals surface area contributed by atoms with Gasteiger partial charge < -0.3 is 20.4 Å². The van der Waals surface area contributed by atoms with E-state index in [0.717, 1.165) is 11.1 Å². The first-order chi connectivity index (χ1) is 9.72. The number of fused-ring (bicyclic) bond motifs is 1. The highest BCUT2D eigenvalue weighted by molar-refractivity contribution is 5.83. The number of aromatic amines is 1. The Kier molecular flexibility index (Phi) is 5.15.